The van der Waals surface area contributed by atoms with Crippen LogP contribution in [-0.4, -0.2) is 42.0 Å². The van der Waals surface area contributed by atoms with Gasteiger partial charge < -0.3 is 19.9 Å². The van der Waals surface area contributed by atoms with Crippen LogP contribution >= 0.6 is 0 Å². The molecule has 1 amide bonds. The summed E-state index contributed by atoms with van der Waals surface area (Å²) in [6, 6.07) is 10.1. The zero-order chi connectivity index (χ0) is 19.9. The zero-order valence-electron chi connectivity index (χ0n) is 16.1. The highest BCUT2D eigenvalue weighted by Gasteiger charge is 2.14. The maximum Gasteiger partial charge on any atom is 0.273 e. The summed E-state index contributed by atoms with van der Waals surface area (Å²) in [5.41, 5.74) is 5.06. The summed E-state index contributed by atoms with van der Waals surface area (Å²) in [5, 5.41) is 8.43. The SMILES string of the molecule is CN(C)/N=C(\CCC=O)C(=O)Nc1ccc(Cc2ccc3c(c2)COC3)cn1. The van der Waals surface area contributed by atoms with Crippen molar-refractivity contribution in [3.63, 3.8) is 0 Å². The number of benzene rings is 1. The Hall–Kier alpha value is -3.06. The van der Waals surface area contributed by atoms with Crippen LogP contribution in [0.1, 0.15) is 35.1 Å². The fourth-order valence-electron chi connectivity index (χ4n) is 3.01. The van der Waals surface area contributed by atoms with Gasteiger partial charge in [0.05, 0.1) is 13.2 Å². The van der Waals surface area contributed by atoms with Gasteiger partial charge in [-0.3, -0.25) is 4.79 Å². The molecule has 2 heterocycles. The van der Waals surface area contributed by atoms with Crippen molar-refractivity contribution in [1.82, 2.24) is 9.99 Å². The first-order valence-electron chi connectivity index (χ1n) is 9.18. The van der Waals surface area contributed by atoms with Gasteiger partial charge in [0.2, 0.25) is 0 Å². The number of ether oxygens (including phenoxy) is 1. The van der Waals surface area contributed by atoms with E-state index in [-0.39, 0.29) is 18.7 Å². The molecule has 1 N–H and O–H groups in total. The van der Waals surface area contributed by atoms with E-state index in [2.05, 4.69) is 33.6 Å². The Bertz CT molecular complexity index is 876. The maximum atomic E-state index is 12.4. The van der Waals surface area contributed by atoms with E-state index in [1.807, 2.05) is 6.07 Å². The van der Waals surface area contributed by atoms with Crippen LogP contribution in [-0.2, 0) is 34.0 Å². The molecule has 0 radical (unpaired) electrons. The van der Waals surface area contributed by atoms with Gasteiger partial charge in [0.25, 0.3) is 5.91 Å². The number of amides is 1. The fraction of sp³-hybridized carbons (Fsp3) is 0.333. The third-order valence-corrected chi connectivity index (χ3v) is 4.34. The minimum absolute atomic E-state index is 0.248. The highest BCUT2D eigenvalue weighted by atomic mass is 16.5. The first kappa shape index (κ1) is 19.7. The average molecular weight is 380 g/mol. The third kappa shape index (κ3) is 5.23. The number of anilines is 1. The van der Waals surface area contributed by atoms with Gasteiger partial charge in [-0.25, -0.2) is 4.98 Å². The van der Waals surface area contributed by atoms with Gasteiger partial charge >= 0.3 is 0 Å². The quantitative estimate of drug-likeness (QED) is 0.432. The van der Waals surface area contributed by atoms with E-state index in [1.165, 1.54) is 21.7 Å². The number of hydrazone groups is 1. The molecule has 28 heavy (non-hydrogen) atoms. The predicted octanol–water partition coefficient (Wildman–Crippen LogP) is 2.54. The number of hydrogen-bond donors (Lipinski definition) is 1. The lowest BCUT2D eigenvalue weighted by Gasteiger charge is -2.11. The molecule has 0 bridgehead atoms. The Kier molecular flexibility index (Phi) is 6.49. The van der Waals surface area contributed by atoms with Crippen LogP contribution in [0.15, 0.2) is 41.6 Å². The summed E-state index contributed by atoms with van der Waals surface area (Å²) in [6.45, 7) is 1.37. The average Bonchev–Trinajstić information content (AvgIpc) is 3.14. The van der Waals surface area contributed by atoms with Gasteiger partial charge in [-0.1, -0.05) is 24.3 Å². The molecule has 0 saturated heterocycles. The minimum atomic E-state index is -0.352. The van der Waals surface area contributed by atoms with Crippen LogP contribution in [0.5, 0.6) is 0 Å². The minimum Gasteiger partial charge on any atom is -0.372 e. The Morgan fingerprint density at radius 1 is 1.21 bits per heavy atom. The molecule has 7 heteroatoms. The maximum absolute atomic E-state index is 12.4. The van der Waals surface area contributed by atoms with E-state index < -0.39 is 0 Å². The molecule has 3 rings (SSSR count). The number of carbonyl (C=O) groups is 2. The van der Waals surface area contributed by atoms with Gasteiger partial charge in [-0.15, -0.1) is 0 Å². The number of hydrogen-bond acceptors (Lipinski definition) is 6. The van der Waals surface area contributed by atoms with Crippen molar-refractivity contribution < 1.29 is 14.3 Å². The molecule has 1 aliphatic heterocycles. The van der Waals surface area contributed by atoms with Crippen molar-refractivity contribution in [3.8, 4) is 0 Å². The fourth-order valence-corrected chi connectivity index (χ4v) is 3.01. The molecule has 0 aliphatic carbocycles. The molecule has 1 aromatic heterocycles. The summed E-state index contributed by atoms with van der Waals surface area (Å²) in [7, 11) is 3.46. The molecule has 2 aromatic rings. The van der Waals surface area contributed by atoms with E-state index >= 15 is 0 Å². The van der Waals surface area contributed by atoms with Crippen LogP contribution in [0.3, 0.4) is 0 Å². The molecule has 0 atom stereocenters. The molecule has 0 spiro atoms. The highest BCUT2D eigenvalue weighted by molar-refractivity contribution is 6.43. The van der Waals surface area contributed by atoms with Gasteiger partial charge in [-0.2, -0.15) is 5.10 Å². The summed E-state index contributed by atoms with van der Waals surface area (Å²) >= 11 is 0. The smallest absolute Gasteiger partial charge is 0.273 e. The second-order valence-corrected chi connectivity index (χ2v) is 6.88. The summed E-state index contributed by atoms with van der Waals surface area (Å²) in [5.74, 6) is 0.100. The summed E-state index contributed by atoms with van der Waals surface area (Å²) in [6.07, 6.45) is 3.83. The van der Waals surface area contributed by atoms with E-state index in [9.17, 15) is 9.59 Å². The van der Waals surface area contributed by atoms with Crippen molar-refractivity contribution in [2.24, 2.45) is 5.10 Å². The lowest BCUT2D eigenvalue weighted by atomic mass is 10.0. The highest BCUT2D eigenvalue weighted by Crippen LogP contribution is 2.22. The first-order valence-corrected chi connectivity index (χ1v) is 9.18. The van der Waals surface area contributed by atoms with E-state index in [4.69, 9.17) is 4.74 Å². The van der Waals surface area contributed by atoms with Crippen LogP contribution in [0.25, 0.3) is 0 Å². The van der Waals surface area contributed by atoms with Gasteiger partial charge in [0.1, 0.15) is 17.8 Å². The normalized spacial score (nSPS) is 13.1. The van der Waals surface area contributed by atoms with Crippen molar-refractivity contribution in [1.29, 1.82) is 0 Å². The molecule has 1 aromatic carbocycles. The number of rotatable bonds is 8. The Morgan fingerprint density at radius 2 is 2.00 bits per heavy atom. The van der Waals surface area contributed by atoms with Crippen LogP contribution < -0.4 is 5.32 Å². The standard InChI is InChI=1S/C21H24N4O3/c1-25(2)24-19(4-3-9-26)21(27)23-20-8-6-16(12-22-20)10-15-5-7-17-13-28-14-18(17)11-15/h5-9,11-12H,3-4,10,13-14H2,1-2H3,(H,22,23,27)/b24-19+. The van der Waals surface area contributed by atoms with Crippen molar-refractivity contribution in [2.75, 3.05) is 19.4 Å². The number of aldehydes is 1. The lowest BCUT2D eigenvalue weighted by Crippen LogP contribution is -2.26. The van der Waals surface area contributed by atoms with Crippen molar-refractivity contribution >= 4 is 23.7 Å². The molecule has 1 aliphatic rings. The van der Waals surface area contributed by atoms with Crippen molar-refractivity contribution in [2.45, 2.75) is 32.5 Å². The number of nitrogens with one attached hydrogen (secondary N) is 1. The van der Waals surface area contributed by atoms with Crippen LogP contribution in [0, 0.1) is 0 Å². The molecule has 0 fully saturated rings. The molecule has 146 valence electrons. The largest absolute Gasteiger partial charge is 0.372 e. The van der Waals surface area contributed by atoms with Gasteiger partial charge in [0, 0.05) is 33.1 Å². The van der Waals surface area contributed by atoms with E-state index in [1.54, 1.807) is 26.4 Å². The second kappa shape index (κ2) is 9.23. The van der Waals surface area contributed by atoms with E-state index in [0.29, 0.717) is 24.7 Å². The predicted molar refractivity (Wildman–Crippen MR) is 107 cm³/mol. The molecule has 7 nitrogen and oxygen atoms in total. The summed E-state index contributed by atoms with van der Waals surface area (Å²) in [4.78, 5) is 27.3. The summed E-state index contributed by atoms with van der Waals surface area (Å²) < 4.78 is 5.46. The lowest BCUT2D eigenvalue weighted by molar-refractivity contribution is -0.110. The zero-order valence-corrected chi connectivity index (χ0v) is 16.1. The van der Waals surface area contributed by atoms with Crippen LogP contribution in [0.2, 0.25) is 0 Å². The number of nitrogens with zero attached hydrogens (tertiary/aromatic N) is 3. The molecule has 0 saturated carbocycles. The molecule has 0 unspecified atom stereocenters. The monoisotopic (exact) mass is 380 g/mol. The van der Waals surface area contributed by atoms with Crippen molar-refractivity contribution in [3.05, 3.63) is 58.8 Å². The van der Waals surface area contributed by atoms with Gasteiger partial charge in [-0.05, 0) is 34.7 Å². The molecular formula is C21H24N4O3. The topological polar surface area (TPSA) is 83.9 Å². The number of pyridine rings is 1. The Morgan fingerprint density at radius 3 is 2.71 bits per heavy atom. The number of carbonyl (C=O) groups excluding carboxylic acids is 2. The molecular weight excluding hydrogens is 356 g/mol. The van der Waals surface area contributed by atoms with Gasteiger partial charge in [0.15, 0.2) is 0 Å². The second-order valence-electron chi connectivity index (χ2n) is 6.88. The Balaban J connectivity index is 1.63. The first-order chi connectivity index (χ1) is 13.5. The third-order valence-electron chi connectivity index (χ3n) is 4.34. The van der Waals surface area contributed by atoms with Crippen LogP contribution in [0.4, 0.5) is 5.82 Å². The Labute approximate surface area is 164 Å². The number of aromatic nitrogens is 1. The van der Waals surface area contributed by atoms with E-state index in [0.717, 1.165) is 18.3 Å². The number of fused-ring (bicyclic) bond motifs is 1.